The van der Waals surface area contributed by atoms with Crippen LogP contribution in [0.3, 0.4) is 0 Å². The van der Waals surface area contributed by atoms with Gasteiger partial charge in [-0.2, -0.15) is 5.10 Å². The van der Waals surface area contributed by atoms with Gasteiger partial charge in [-0.05, 0) is 72.1 Å². The lowest BCUT2D eigenvalue weighted by atomic mass is 9.81. The maximum Gasteiger partial charge on any atom is 0.328 e. The van der Waals surface area contributed by atoms with Crippen LogP contribution in [0.2, 0.25) is 0 Å². The van der Waals surface area contributed by atoms with Crippen molar-refractivity contribution in [1.82, 2.24) is 9.78 Å². The molecule has 1 heterocycles. The van der Waals surface area contributed by atoms with Gasteiger partial charge < -0.3 is 14.7 Å². The van der Waals surface area contributed by atoms with Crippen molar-refractivity contribution in [2.24, 2.45) is 0 Å². The van der Waals surface area contributed by atoms with Gasteiger partial charge in [-0.25, -0.2) is 4.79 Å². The van der Waals surface area contributed by atoms with E-state index in [4.69, 9.17) is 4.74 Å². The van der Waals surface area contributed by atoms with Crippen molar-refractivity contribution in [3.63, 3.8) is 0 Å². The first kappa shape index (κ1) is 29.1. The number of ether oxygens (including phenoxy) is 1. The molecule has 4 aromatic rings. The summed E-state index contributed by atoms with van der Waals surface area (Å²) in [6.45, 7) is 6.89. The minimum absolute atomic E-state index is 0.0199. The van der Waals surface area contributed by atoms with Crippen LogP contribution in [0.4, 0.5) is 5.69 Å². The third-order valence-corrected chi connectivity index (χ3v) is 8.12. The van der Waals surface area contributed by atoms with E-state index in [9.17, 15) is 14.7 Å². The van der Waals surface area contributed by atoms with Gasteiger partial charge in [-0.3, -0.25) is 9.48 Å². The molecule has 5 rings (SSSR count). The van der Waals surface area contributed by atoms with Crippen molar-refractivity contribution in [3.05, 3.63) is 113 Å². The number of rotatable bonds is 11. The minimum atomic E-state index is -0.923. The number of aromatic nitrogens is 2. The molecule has 1 aliphatic carbocycles. The molecule has 1 aliphatic rings. The standard InChI is InChI=1S/C35H39N3O4/c1-4-32(35(40)41)38-22-26(20-36-38)21-37(28-18-16-27(17-19-28)24(2)3)34(39)31-14-8-13-30-29(31)12-9-15-33(30)42-23-25-10-6-5-7-11-25/h5-7,9-12,15-20,22,24,31-32H,4,8,13-14,21,23H2,1-3H3,(H,40,41). The molecule has 0 aliphatic heterocycles. The number of benzene rings is 3. The van der Waals surface area contributed by atoms with E-state index in [0.717, 1.165) is 53.0 Å². The van der Waals surface area contributed by atoms with E-state index < -0.39 is 12.0 Å². The van der Waals surface area contributed by atoms with Gasteiger partial charge in [0.2, 0.25) is 5.91 Å². The first-order valence-electron chi connectivity index (χ1n) is 14.8. The predicted octanol–water partition coefficient (Wildman–Crippen LogP) is 7.27. The average molecular weight is 566 g/mol. The molecule has 7 heteroatoms. The van der Waals surface area contributed by atoms with E-state index in [0.29, 0.717) is 25.5 Å². The number of amides is 1. The third-order valence-electron chi connectivity index (χ3n) is 8.12. The van der Waals surface area contributed by atoms with Gasteiger partial charge in [0.1, 0.15) is 18.4 Å². The molecule has 0 saturated heterocycles. The smallest absolute Gasteiger partial charge is 0.328 e. The van der Waals surface area contributed by atoms with Gasteiger partial charge in [-0.15, -0.1) is 0 Å². The summed E-state index contributed by atoms with van der Waals surface area (Å²) in [5.74, 6) is 0.00129. The maximum atomic E-state index is 14.4. The molecule has 0 fully saturated rings. The monoisotopic (exact) mass is 565 g/mol. The molecule has 1 N–H and O–H groups in total. The summed E-state index contributed by atoms with van der Waals surface area (Å²) in [6.07, 6.45) is 6.35. The quantitative estimate of drug-likeness (QED) is 0.207. The molecule has 1 amide bonds. The number of hydrogen-bond donors (Lipinski definition) is 1. The molecule has 2 unspecified atom stereocenters. The second-order valence-corrected chi connectivity index (χ2v) is 11.3. The van der Waals surface area contributed by atoms with Gasteiger partial charge in [0.15, 0.2) is 0 Å². The number of fused-ring (bicyclic) bond motifs is 1. The Bertz CT molecular complexity index is 1510. The highest BCUT2D eigenvalue weighted by Crippen LogP contribution is 2.39. The van der Waals surface area contributed by atoms with E-state index in [1.807, 2.05) is 66.4 Å². The second kappa shape index (κ2) is 13.1. The summed E-state index contributed by atoms with van der Waals surface area (Å²) >= 11 is 0. The molecule has 3 aromatic carbocycles. The van der Waals surface area contributed by atoms with Crippen molar-refractivity contribution in [1.29, 1.82) is 0 Å². The average Bonchev–Trinajstić information content (AvgIpc) is 3.47. The second-order valence-electron chi connectivity index (χ2n) is 11.3. The number of carboxylic acid groups (broad SMARTS) is 1. The largest absolute Gasteiger partial charge is 0.489 e. The van der Waals surface area contributed by atoms with E-state index in [1.165, 1.54) is 10.2 Å². The summed E-state index contributed by atoms with van der Waals surface area (Å²) in [7, 11) is 0. The molecular weight excluding hydrogens is 526 g/mol. The lowest BCUT2D eigenvalue weighted by Crippen LogP contribution is -2.36. The van der Waals surface area contributed by atoms with Crippen molar-refractivity contribution in [2.75, 3.05) is 4.90 Å². The van der Waals surface area contributed by atoms with Gasteiger partial charge in [-0.1, -0.05) is 75.4 Å². The zero-order valence-electron chi connectivity index (χ0n) is 24.6. The lowest BCUT2D eigenvalue weighted by Gasteiger charge is -2.32. The zero-order chi connectivity index (χ0) is 29.6. The fourth-order valence-corrected chi connectivity index (χ4v) is 5.75. The number of aliphatic carboxylic acids is 1. The first-order valence-corrected chi connectivity index (χ1v) is 14.8. The van der Waals surface area contributed by atoms with Crippen LogP contribution in [-0.4, -0.2) is 26.8 Å². The molecule has 1 aromatic heterocycles. The highest BCUT2D eigenvalue weighted by Gasteiger charge is 2.32. The number of carbonyl (C=O) groups is 2. The van der Waals surface area contributed by atoms with E-state index in [-0.39, 0.29) is 11.8 Å². The van der Waals surface area contributed by atoms with Crippen LogP contribution in [0, 0.1) is 0 Å². The number of carbonyl (C=O) groups excluding carboxylic acids is 1. The number of hydrogen-bond acceptors (Lipinski definition) is 4. The Morgan fingerprint density at radius 1 is 1.02 bits per heavy atom. The Balaban J connectivity index is 1.45. The molecule has 0 saturated carbocycles. The summed E-state index contributed by atoms with van der Waals surface area (Å²) in [4.78, 5) is 28.0. The third kappa shape index (κ3) is 6.40. The van der Waals surface area contributed by atoms with Gasteiger partial charge in [0.05, 0.1) is 18.7 Å². The highest BCUT2D eigenvalue weighted by molar-refractivity contribution is 5.98. The number of carboxylic acids is 1. The van der Waals surface area contributed by atoms with Crippen LogP contribution in [0.1, 0.15) is 85.7 Å². The summed E-state index contributed by atoms with van der Waals surface area (Å²) < 4.78 is 7.75. The van der Waals surface area contributed by atoms with Crippen molar-refractivity contribution >= 4 is 17.6 Å². The van der Waals surface area contributed by atoms with Crippen LogP contribution in [0.15, 0.2) is 85.2 Å². The Kier molecular flexibility index (Phi) is 9.06. The molecule has 2 atom stereocenters. The topological polar surface area (TPSA) is 84.7 Å². The van der Waals surface area contributed by atoms with Crippen LogP contribution >= 0.6 is 0 Å². The SMILES string of the molecule is CCC(C(=O)O)n1cc(CN(C(=O)C2CCCc3c(OCc4ccccc4)cccc32)c2ccc(C(C)C)cc2)cn1. The minimum Gasteiger partial charge on any atom is -0.489 e. The van der Waals surface area contributed by atoms with Crippen molar-refractivity contribution < 1.29 is 19.4 Å². The maximum absolute atomic E-state index is 14.4. The van der Waals surface area contributed by atoms with Crippen molar-refractivity contribution in [2.45, 2.75) is 77.5 Å². The Morgan fingerprint density at radius 2 is 1.79 bits per heavy atom. The summed E-state index contributed by atoms with van der Waals surface area (Å²) in [6, 6.07) is 23.6. The van der Waals surface area contributed by atoms with Crippen LogP contribution < -0.4 is 9.64 Å². The fraction of sp³-hybridized carbons (Fsp3) is 0.343. The Hall–Kier alpha value is -4.39. The Morgan fingerprint density at radius 3 is 2.48 bits per heavy atom. The van der Waals surface area contributed by atoms with Gasteiger partial charge >= 0.3 is 5.97 Å². The summed E-state index contributed by atoms with van der Waals surface area (Å²) in [5, 5.41) is 13.9. The van der Waals surface area contributed by atoms with E-state index in [2.05, 4.69) is 37.1 Å². The lowest BCUT2D eigenvalue weighted by molar-refractivity contribution is -0.141. The number of anilines is 1. The van der Waals surface area contributed by atoms with Crippen LogP contribution in [0.5, 0.6) is 5.75 Å². The molecule has 7 nitrogen and oxygen atoms in total. The van der Waals surface area contributed by atoms with Gasteiger partial charge in [0.25, 0.3) is 0 Å². The molecule has 0 spiro atoms. The Labute approximate surface area is 247 Å². The first-order chi connectivity index (χ1) is 20.4. The molecular formula is C35H39N3O4. The summed E-state index contributed by atoms with van der Waals surface area (Å²) in [5.41, 5.74) is 6.03. The predicted molar refractivity (Wildman–Crippen MR) is 164 cm³/mol. The highest BCUT2D eigenvalue weighted by atomic mass is 16.5. The molecule has 0 radical (unpaired) electrons. The molecule has 42 heavy (non-hydrogen) atoms. The molecule has 0 bridgehead atoms. The normalized spacial score (nSPS) is 15.2. The van der Waals surface area contributed by atoms with Crippen LogP contribution in [-0.2, 0) is 29.2 Å². The molecule has 218 valence electrons. The number of nitrogens with zero attached hydrogens (tertiary/aromatic N) is 3. The van der Waals surface area contributed by atoms with Gasteiger partial charge in [0, 0.05) is 17.4 Å². The zero-order valence-corrected chi connectivity index (χ0v) is 24.6. The van der Waals surface area contributed by atoms with Crippen molar-refractivity contribution in [3.8, 4) is 5.75 Å². The fourth-order valence-electron chi connectivity index (χ4n) is 5.75. The van der Waals surface area contributed by atoms with Crippen LogP contribution in [0.25, 0.3) is 0 Å². The van der Waals surface area contributed by atoms with E-state index in [1.54, 1.807) is 12.4 Å². The van der Waals surface area contributed by atoms with E-state index >= 15 is 0 Å².